The first-order valence-corrected chi connectivity index (χ1v) is 20.8. The molecule has 2 aliphatic heterocycles. The monoisotopic (exact) mass is 754 g/mol. The molecular formula is C53H51BN4. The minimum absolute atomic E-state index is 0.0161. The quantitative estimate of drug-likeness (QED) is 0.167. The van der Waals surface area contributed by atoms with Crippen LogP contribution in [0.1, 0.15) is 79.0 Å². The molecule has 3 heterocycles. The first kappa shape index (κ1) is 36.3. The molecule has 0 N–H and O–H groups in total. The van der Waals surface area contributed by atoms with Gasteiger partial charge in [-0.25, -0.2) is 4.98 Å². The van der Waals surface area contributed by atoms with Crippen LogP contribution in [0, 0.1) is 0 Å². The molecule has 8 aromatic rings. The summed E-state index contributed by atoms with van der Waals surface area (Å²) in [5.74, 6) is 0. The smallest absolute Gasteiger partial charge is 0.294 e. The highest BCUT2D eigenvalue weighted by Gasteiger charge is 2.46. The van der Waals surface area contributed by atoms with E-state index in [1.54, 1.807) is 0 Å². The fourth-order valence-corrected chi connectivity index (χ4v) is 9.19. The average Bonchev–Trinajstić information content (AvgIpc) is 3.73. The second-order valence-corrected chi connectivity index (χ2v) is 19.4. The molecular weight excluding hydrogens is 703 g/mol. The van der Waals surface area contributed by atoms with Crippen molar-refractivity contribution in [3.8, 4) is 5.69 Å². The van der Waals surface area contributed by atoms with Crippen molar-refractivity contribution < 1.29 is 0 Å². The van der Waals surface area contributed by atoms with E-state index in [1.165, 1.54) is 61.0 Å². The molecule has 4 nitrogen and oxygen atoms in total. The zero-order valence-corrected chi connectivity index (χ0v) is 35.2. The minimum Gasteiger partial charge on any atom is -0.311 e. The third kappa shape index (κ3) is 5.69. The van der Waals surface area contributed by atoms with Gasteiger partial charge in [0, 0.05) is 39.5 Å². The molecule has 0 radical (unpaired) electrons. The van der Waals surface area contributed by atoms with Crippen molar-refractivity contribution in [3.63, 3.8) is 0 Å². The van der Waals surface area contributed by atoms with Gasteiger partial charge in [-0.05, 0) is 116 Å². The first-order chi connectivity index (χ1) is 27.7. The van der Waals surface area contributed by atoms with Crippen molar-refractivity contribution in [2.75, 3.05) is 9.80 Å². The highest BCUT2D eigenvalue weighted by atomic mass is 15.2. The second-order valence-electron chi connectivity index (χ2n) is 19.4. The van der Waals surface area contributed by atoms with Crippen molar-refractivity contribution >= 4 is 79.3 Å². The number of hydrogen-bond donors (Lipinski definition) is 0. The maximum atomic E-state index is 5.50. The molecule has 286 valence electrons. The summed E-state index contributed by atoms with van der Waals surface area (Å²) in [6.45, 7) is 20.7. The van der Waals surface area contributed by atoms with Gasteiger partial charge in [0.15, 0.2) is 0 Å². The molecule has 1 aromatic heterocycles. The van der Waals surface area contributed by atoms with Crippen LogP contribution in [-0.4, -0.2) is 16.3 Å². The van der Waals surface area contributed by atoms with E-state index in [-0.39, 0.29) is 23.0 Å². The van der Waals surface area contributed by atoms with Gasteiger partial charge in [0.1, 0.15) is 0 Å². The van der Waals surface area contributed by atoms with E-state index >= 15 is 0 Å². The molecule has 0 bridgehead atoms. The Labute approximate surface area is 343 Å². The molecule has 2 aliphatic rings. The van der Waals surface area contributed by atoms with E-state index in [4.69, 9.17) is 4.98 Å². The van der Waals surface area contributed by atoms with E-state index in [2.05, 4.69) is 222 Å². The van der Waals surface area contributed by atoms with Crippen LogP contribution in [0.25, 0.3) is 27.5 Å². The summed E-state index contributed by atoms with van der Waals surface area (Å²) in [4.78, 5) is 10.5. The summed E-state index contributed by atoms with van der Waals surface area (Å²) in [5.41, 5.74) is 18.0. The minimum atomic E-state index is -0.0778. The van der Waals surface area contributed by atoms with Gasteiger partial charge >= 0.3 is 0 Å². The third-order valence-corrected chi connectivity index (χ3v) is 12.4. The van der Waals surface area contributed by atoms with E-state index in [9.17, 15) is 0 Å². The molecule has 0 amide bonds. The summed E-state index contributed by atoms with van der Waals surface area (Å²) >= 11 is 0. The number of para-hydroxylation sites is 1. The molecule has 0 spiro atoms. The highest BCUT2D eigenvalue weighted by Crippen LogP contribution is 2.46. The number of nitrogens with zero attached hydrogens (tertiary/aromatic N) is 4. The van der Waals surface area contributed by atoms with Gasteiger partial charge in [-0.1, -0.05) is 141 Å². The largest absolute Gasteiger partial charge is 0.311 e. The topological polar surface area (TPSA) is 24.3 Å². The first-order valence-electron chi connectivity index (χ1n) is 20.8. The van der Waals surface area contributed by atoms with Gasteiger partial charge in [-0.15, -0.1) is 0 Å². The van der Waals surface area contributed by atoms with Gasteiger partial charge in [-0.3, -0.25) is 0 Å². The van der Waals surface area contributed by atoms with Gasteiger partial charge in [0.05, 0.1) is 22.4 Å². The number of rotatable bonds is 4. The SMILES string of the molecule is CC(C)(C)c1ccc(N(c2ccc3c(c2)N(c2ccccc2)c2cc(C(C)(C)C)cc4c2B3c2nc3ccc(C(C)(C)C)cc3n2-4)c2cccc3ccccc23)cc1. The van der Waals surface area contributed by atoms with Crippen LogP contribution < -0.4 is 26.4 Å². The van der Waals surface area contributed by atoms with Crippen LogP contribution in [0.2, 0.25) is 0 Å². The lowest BCUT2D eigenvalue weighted by molar-refractivity contribution is 0.590. The Kier molecular flexibility index (Phi) is 7.96. The predicted molar refractivity (Wildman–Crippen MR) is 249 cm³/mol. The Hall–Kier alpha value is -6.07. The summed E-state index contributed by atoms with van der Waals surface area (Å²) in [7, 11) is 0. The maximum absolute atomic E-state index is 5.50. The van der Waals surface area contributed by atoms with E-state index in [0.717, 1.165) is 34.0 Å². The summed E-state index contributed by atoms with van der Waals surface area (Å²) in [5, 5.41) is 2.43. The lowest BCUT2D eigenvalue weighted by Crippen LogP contribution is -2.55. The number of aromatic nitrogens is 2. The Morgan fingerprint density at radius 1 is 0.517 bits per heavy atom. The normalized spacial score (nSPS) is 13.5. The van der Waals surface area contributed by atoms with Crippen LogP contribution >= 0.6 is 0 Å². The standard InChI is InChI=1S/C53H51BN4/c1-51(2,3)35-22-25-39(26-23-35)56(44-21-15-17-34-16-13-14-20-41(34)44)40-27-28-42-45(33-40)57(38-18-11-10-12-19-38)47-31-37(53(7,8)9)32-48-49(47)54(42)50-55-43-29-24-36(52(4,5)6)30-46(43)58(48)50/h10-33H,1-9H3. The van der Waals surface area contributed by atoms with Crippen LogP contribution in [0.15, 0.2) is 146 Å². The number of benzene rings is 7. The van der Waals surface area contributed by atoms with Crippen LogP contribution in [0.4, 0.5) is 34.1 Å². The molecule has 0 aliphatic carbocycles. The Morgan fingerprint density at radius 2 is 1.16 bits per heavy atom. The van der Waals surface area contributed by atoms with Gasteiger partial charge in [-0.2, -0.15) is 0 Å². The molecule has 5 heteroatoms. The number of imidazole rings is 1. The Bertz CT molecular complexity index is 2900. The summed E-state index contributed by atoms with van der Waals surface area (Å²) < 4.78 is 2.48. The van der Waals surface area contributed by atoms with E-state index in [1.807, 2.05) is 0 Å². The van der Waals surface area contributed by atoms with Crippen molar-refractivity contribution in [1.82, 2.24) is 9.55 Å². The molecule has 7 aromatic carbocycles. The van der Waals surface area contributed by atoms with Crippen molar-refractivity contribution in [1.29, 1.82) is 0 Å². The molecule has 0 unspecified atom stereocenters. The van der Waals surface area contributed by atoms with Gasteiger partial charge in [0.25, 0.3) is 6.71 Å². The van der Waals surface area contributed by atoms with Crippen molar-refractivity contribution in [3.05, 3.63) is 162 Å². The number of anilines is 6. The predicted octanol–water partition coefficient (Wildman–Crippen LogP) is 12.2. The summed E-state index contributed by atoms with van der Waals surface area (Å²) in [6.07, 6.45) is 0. The second kappa shape index (κ2) is 12.7. The fourth-order valence-electron chi connectivity index (χ4n) is 9.19. The zero-order chi connectivity index (χ0) is 40.3. The maximum Gasteiger partial charge on any atom is 0.294 e. The lowest BCUT2D eigenvalue weighted by atomic mass is 9.39. The molecule has 0 fully saturated rings. The number of fused-ring (bicyclic) bond motifs is 8. The van der Waals surface area contributed by atoms with Crippen LogP contribution in [0.5, 0.6) is 0 Å². The van der Waals surface area contributed by atoms with Crippen molar-refractivity contribution in [2.45, 2.75) is 78.6 Å². The van der Waals surface area contributed by atoms with E-state index in [0.29, 0.717) is 0 Å². The average molecular weight is 755 g/mol. The molecule has 58 heavy (non-hydrogen) atoms. The Balaban J connectivity index is 1.26. The highest BCUT2D eigenvalue weighted by molar-refractivity contribution is 6.99. The van der Waals surface area contributed by atoms with E-state index < -0.39 is 0 Å². The third-order valence-electron chi connectivity index (χ3n) is 12.4. The van der Waals surface area contributed by atoms with Crippen LogP contribution in [0.3, 0.4) is 0 Å². The summed E-state index contributed by atoms with van der Waals surface area (Å²) in [6, 6.07) is 54.4. The fraction of sp³-hybridized carbons (Fsp3) is 0.226. The lowest BCUT2D eigenvalue weighted by Gasteiger charge is -2.37. The van der Waals surface area contributed by atoms with Crippen molar-refractivity contribution in [2.24, 2.45) is 0 Å². The molecule has 0 saturated carbocycles. The Morgan fingerprint density at radius 3 is 1.88 bits per heavy atom. The molecule has 0 saturated heterocycles. The number of hydrogen-bond acceptors (Lipinski definition) is 3. The molecule has 0 atom stereocenters. The van der Waals surface area contributed by atoms with Gasteiger partial charge in [0.2, 0.25) is 0 Å². The zero-order valence-electron chi connectivity index (χ0n) is 35.2. The molecule has 10 rings (SSSR count). The van der Waals surface area contributed by atoms with Gasteiger partial charge < -0.3 is 14.4 Å². The van der Waals surface area contributed by atoms with Crippen LogP contribution in [-0.2, 0) is 16.2 Å².